The first kappa shape index (κ1) is 10.1. The predicted molar refractivity (Wildman–Crippen MR) is 55.0 cm³/mol. The van der Waals surface area contributed by atoms with E-state index in [9.17, 15) is 8.42 Å². The van der Waals surface area contributed by atoms with Gasteiger partial charge in [-0.1, -0.05) is 21.1 Å². The van der Waals surface area contributed by atoms with Crippen LogP contribution in [-0.4, -0.2) is 34.9 Å². The third kappa shape index (κ3) is 1.98. The molecule has 2 heterocycles. The van der Waals surface area contributed by atoms with Crippen LogP contribution < -0.4 is 0 Å². The molecule has 1 aliphatic rings. The van der Waals surface area contributed by atoms with Gasteiger partial charge >= 0.3 is 0 Å². The molecule has 78 valence electrons. The summed E-state index contributed by atoms with van der Waals surface area (Å²) in [5, 5.41) is 8.45. The lowest BCUT2D eigenvalue weighted by atomic mass is 10.3. The Morgan fingerprint density at radius 1 is 1.64 bits per heavy atom. The van der Waals surface area contributed by atoms with Gasteiger partial charge in [-0.3, -0.25) is 0 Å². The highest BCUT2D eigenvalue weighted by Crippen LogP contribution is 2.22. The van der Waals surface area contributed by atoms with Crippen LogP contribution in [0.3, 0.4) is 0 Å². The largest absolute Gasteiger partial charge is 0.248 e. The molecule has 2 rings (SSSR count). The van der Waals surface area contributed by atoms with Gasteiger partial charge < -0.3 is 0 Å². The Labute approximate surface area is 90.5 Å². The van der Waals surface area contributed by atoms with Gasteiger partial charge in [-0.15, -0.1) is 5.10 Å². The minimum Gasteiger partial charge on any atom is -0.248 e. The number of rotatable bonds is 2. The normalized spacial score (nSPS) is 25.4. The SMILES string of the molecule is O=S1(=O)CCC(n2cc(CBr)nn2)C1. The van der Waals surface area contributed by atoms with Crippen molar-refractivity contribution in [2.45, 2.75) is 17.8 Å². The molecule has 1 fully saturated rings. The van der Waals surface area contributed by atoms with Crippen molar-refractivity contribution >= 4 is 25.8 Å². The molecule has 7 heteroatoms. The molecule has 0 spiro atoms. The zero-order valence-corrected chi connectivity index (χ0v) is 9.83. The van der Waals surface area contributed by atoms with Gasteiger partial charge in [-0.25, -0.2) is 13.1 Å². The lowest BCUT2D eigenvalue weighted by Crippen LogP contribution is -2.11. The summed E-state index contributed by atoms with van der Waals surface area (Å²) in [5.74, 6) is 0.458. The number of alkyl halides is 1. The number of hydrogen-bond donors (Lipinski definition) is 0. The fraction of sp³-hybridized carbons (Fsp3) is 0.714. The monoisotopic (exact) mass is 279 g/mol. The van der Waals surface area contributed by atoms with Crippen LogP contribution >= 0.6 is 15.9 Å². The van der Waals surface area contributed by atoms with Crippen LogP contribution in [0.4, 0.5) is 0 Å². The molecule has 0 amide bonds. The van der Waals surface area contributed by atoms with Crippen LogP contribution in [0.2, 0.25) is 0 Å². The Kier molecular flexibility index (Phi) is 2.61. The molecule has 1 saturated heterocycles. The lowest BCUT2D eigenvalue weighted by Gasteiger charge is -2.05. The minimum absolute atomic E-state index is 0.0275. The third-order valence-corrected chi connectivity index (χ3v) is 4.60. The molecular weight excluding hydrogens is 270 g/mol. The van der Waals surface area contributed by atoms with Crippen molar-refractivity contribution in [3.05, 3.63) is 11.9 Å². The zero-order valence-electron chi connectivity index (χ0n) is 7.43. The van der Waals surface area contributed by atoms with E-state index in [1.54, 1.807) is 10.9 Å². The van der Waals surface area contributed by atoms with E-state index < -0.39 is 9.84 Å². The second kappa shape index (κ2) is 3.62. The summed E-state index contributed by atoms with van der Waals surface area (Å²) in [6.45, 7) is 0. The molecule has 5 nitrogen and oxygen atoms in total. The van der Waals surface area contributed by atoms with E-state index in [-0.39, 0.29) is 17.5 Å². The Hall–Kier alpha value is -0.430. The van der Waals surface area contributed by atoms with Crippen molar-refractivity contribution < 1.29 is 8.42 Å². The van der Waals surface area contributed by atoms with E-state index in [1.165, 1.54) is 0 Å². The standard InChI is InChI=1S/C7H10BrN3O2S/c8-3-6-4-11(10-9-6)7-1-2-14(12,13)5-7/h4,7H,1-3,5H2. The van der Waals surface area contributed by atoms with Gasteiger partial charge in [-0.2, -0.15) is 0 Å². The van der Waals surface area contributed by atoms with E-state index >= 15 is 0 Å². The molecule has 1 aromatic rings. The third-order valence-electron chi connectivity index (χ3n) is 2.28. The first-order valence-electron chi connectivity index (χ1n) is 4.28. The summed E-state index contributed by atoms with van der Waals surface area (Å²) >= 11 is 3.27. The number of hydrogen-bond acceptors (Lipinski definition) is 4. The van der Waals surface area contributed by atoms with Crippen LogP contribution in [0, 0.1) is 0 Å². The van der Waals surface area contributed by atoms with Crippen molar-refractivity contribution in [3.8, 4) is 0 Å². The van der Waals surface area contributed by atoms with E-state index in [0.717, 1.165) is 5.69 Å². The quantitative estimate of drug-likeness (QED) is 0.741. The van der Waals surface area contributed by atoms with Crippen molar-refractivity contribution in [2.24, 2.45) is 0 Å². The molecule has 1 unspecified atom stereocenters. The summed E-state index contributed by atoms with van der Waals surface area (Å²) < 4.78 is 24.1. The highest BCUT2D eigenvalue weighted by atomic mass is 79.9. The summed E-state index contributed by atoms with van der Waals surface area (Å²) in [5.41, 5.74) is 0.828. The average molecular weight is 280 g/mol. The maximum Gasteiger partial charge on any atom is 0.152 e. The van der Waals surface area contributed by atoms with Crippen molar-refractivity contribution in [1.29, 1.82) is 0 Å². The average Bonchev–Trinajstić information content (AvgIpc) is 2.70. The summed E-state index contributed by atoms with van der Waals surface area (Å²) in [6, 6.07) is -0.0275. The minimum atomic E-state index is -2.84. The van der Waals surface area contributed by atoms with E-state index in [1.807, 2.05) is 0 Å². The van der Waals surface area contributed by atoms with Gasteiger partial charge in [0, 0.05) is 11.5 Å². The Morgan fingerprint density at radius 2 is 2.43 bits per heavy atom. The van der Waals surface area contributed by atoms with E-state index in [4.69, 9.17) is 0 Å². The predicted octanol–water partition coefficient (Wildman–Crippen LogP) is 0.533. The van der Waals surface area contributed by atoms with Gasteiger partial charge in [-0.05, 0) is 6.42 Å². The maximum atomic E-state index is 11.2. The van der Waals surface area contributed by atoms with Crippen molar-refractivity contribution in [1.82, 2.24) is 15.0 Å². The molecule has 14 heavy (non-hydrogen) atoms. The smallest absolute Gasteiger partial charge is 0.152 e. The fourth-order valence-electron chi connectivity index (χ4n) is 1.54. The van der Waals surface area contributed by atoms with Gasteiger partial charge in [0.1, 0.15) is 0 Å². The number of halogens is 1. The van der Waals surface area contributed by atoms with Crippen LogP contribution in [0.1, 0.15) is 18.2 Å². The Bertz CT molecular complexity index is 428. The summed E-state index contributed by atoms with van der Waals surface area (Å²) in [4.78, 5) is 0. The molecule has 0 aromatic carbocycles. The molecule has 1 aliphatic heterocycles. The summed E-state index contributed by atoms with van der Waals surface area (Å²) in [7, 11) is -2.84. The second-order valence-corrected chi connectivity index (χ2v) is 6.17. The number of nitrogens with zero attached hydrogens (tertiary/aromatic N) is 3. The van der Waals surface area contributed by atoms with Gasteiger partial charge in [0.05, 0.1) is 23.2 Å². The second-order valence-electron chi connectivity index (χ2n) is 3.38. The fourth-order valence-corrected chi connectivity index (χ4v) is 3.50. The molecule has 0 N–H and O–H groups in total. The lowest BCUT2D eigenvalue weighted by molar-refractivity contribution is 0.484. The van der Waals surface area contributed by atoms with Crippen LogP contribution in [0.25, 0.3) is 0 Å². The Balaban J connectivity index is 2.17. The van der Waals surface area contributed by atoms with Gasteiger partial charge in [0.15, 0.2) is 9.84 Å². The Morgan fingerprint density at radius 3 is 2.93 bits per heavy atom. The zero-order chi connectivity index (χ0) is 10.2. The van der Waals surface area contributed by atoms with E-state index in [2.05, 4.69) is 26.2 Å². The molecule has 0 bridgehead atoms. The van der Waals surface area contributed by atoms with Crippen LogP contribution in [0.5, 0.6) is 0 Å². The maximum absolute atomic E-state index is 11.2. The van der Waals surface area contributed by atoms with Gasteiger partial charge in [0.2, 0.25) is 0 Å². The molecule has 1 aromatic heterocycles. The molecule has 0 radical (unpaired) electrons. The number of aromatic nitrogens is 3. The first-order chi connectivity index (χ1) is 6.61. The molecule has 0 saturated carbocycles. The number of sulfone groups is 1. The molecule has 1 atom stereocenters. The molecule has 0 aliphatic carbocycles. The van der Waals surface area contributed by atoms with Crippen LogP contribution in [-0.2, 0) is 15.2 Å². The van der Waals surface area contributed by atoms with E-state index in [0.29, 0.717) is 11.8 Å². The highest BCUT2D eigenvalue weighted by molar-refractivity contribution is 9.08. The topological polar surface area (TPSA) is 64.8 Å². The van der Waals surface area contributed by atoms with Crippen molar-refractivity contribution in [3.63, 3.8) is 0 Å². The molecular formula is C7H10BrN3O2S. The van der Waals surface area contributed by atoms with Crippen LogP contribution in [0.15, 0.2) is 6.20 Å². The first-order valence-corrected chi connectivity index (χ1v) is 7.22. The highest BCUT2D eigenvalue weighted by Gasteiger charge is 2.29. The van der Waals surface area contributed by atoms with Crippen molar-refractivity contribution in [2.75, 3.05) is 11.5 Å². The summed E-state index contributed by atoms with van der Waals surface area (Å²) in [6.07, 6.45) is 2.44. The van der Waals surface area contributed by atoms with Gasteiger partial charge in [0.25, 0.3) is 0 Å².